The minimum absolute atomic E-state index is 0.105. The lowest BCUT2D eigenvalue weighted by atomic mass is 10.0. The van der Waals surface area contributed by atoms with Gasteiger partial charge in [0, 0.05) is 16.1 Å². The Balaban J connectivity index is 1.78. The Labute approximate surface area is 153 Å². The van der Waals surface area contributed by atoms with Crippen molar-refractivity contribution < 1.29 is 0 Å². The maximum Gasteiger partial charge on any atom is 0.267 e. The van der Waals surface area contributed by atoms with Gasteiger partial charge >= 0.3 is 0 Å². The molecule has 1 aromatic heterocycles. The monoisotopic (exact) mass is 390 g/mol. The summed E-state index contributed by atoms with van der Waals surface area (Å²) >= 11 is 3.48. The van der Waals surface area contributed by atoms with Crippen LogP contribution in [-0.4, -0.2) is 9.78 Å². The van der Waals surface area contributed by atoms with E-state index in [0.717, 1.165) is 32.1 Å². The van der Waals surface area contributed by atoms with Crippen LogP contribution < -0.4 is 5.56 Å². The highest BCUT2D eigenvalue weighted by Crippen LogP contribution is 2.21. The average Bonchev–Trinajstić information content (AvgIpc) is 2.64. The van der Waals surface area contributed by atoms with E-state index < -0.39 is 0 Å². The first kappa shape index (κ1) is 15.8. The van der Waals surface area contributed by atoms with Gasteiger partial charge in [-0.2, -0.15) is 5.10 Å². The largest absolute Gasteiger partial charge is 0.268 e. The predicted octanol–water partition coefficient (Wildman–Crippen LogP) is 4.87. The number of nitrogens with zero attached hydrogens (tertiary/aromatic N) is 2. The van der Waals surface area contributed by atoms with Crippen molar-refractivity contribution in [1.29, 1.82) is 0 Å². The molecule has 0 spiro atoms. The second-order valence-electron chi connectivity index (χ2n) is 5.86. The highest BCUT2D eigenvalue weighted by Gasteiger charge is 2.07. The van der Waals surface area contributed by atoms with Crippen LogP contribution in [0.25, 0.3) is 22.0 Å². The molecule has 0 aliphatic heterocycles. The summed E-state index contributed by atoms with van der Waals surface area (Å²) in [4.78, 5) is 12.3. The lowest BCUT2D eigenvalue weighted by Gasteiger charge is -2.10. The van der Waals surface area contributed by atoms with Crippen molar-refractivity contribution in [2.24, 2.45) is 0 Å². The average molecular weight is 391 g/mol. The summed E-state index contributed by atoms with van der Waals surface area (Å²) in [5.74, 6) is 0. The third-order valence-corrected chi connectivity index (χ3v) is 4.68. The van der Waals surface area contributed by atoms with E-state index in [9.17, 15) is 4.79 Å². The summed E-state index contributed by atoms with van der Waals surface area (Å²) < 4.78 is 2.51. The lowest BCUT2D eigenvalue weighted by molar-refractivity contribution is 0.645. The molecule has 1 heterocycles. The zero-order valence-corrected chi connectivity index (χ0v) is 15.0. The topological polar surface area (TPSA) is 34.9 Å². The zero-order valence-electron chi connectivity index (χ0n) is 13.4. The molecule has 3 aromatic carbocycles. The number of benzene rings is 3. The maximum absolute atomic E-state index is 12.3. The molecule has 0 fully saturated rings. The van der Waals surface area contributed by atoms with E-state index in [1.807, 2.05) is 48.5 Å². The normalized spacial score (nSPS) is 10.9. The number of fused-ring (bicyclic) bond motifs is 1. The molecule has 0 amide bonds. The van der Waals surface area contributed by atoms with E-state index in [1.165, 1.54) is 4.68 Å². The molecule has 4 aromatic rings. The fourth-order valence-corrected chi connectivity index (χ4v) is 3.35. The van der Waals surface area contributed by atoms with Crippen molar-refractivity contribution in [1.82, 2.24) is 9.78 Å². The van der Waals surface area contributed by atoms with E-state index in [-0.39, 0.29) is 5.56 Å². The van der Waals surface area contributed by atoms with Crippen LogP contribution in [-0.2, 0) is 6.54 Å². The highest BCUT2D eigenvalue weighted by molar-refractivity contribution is 9.10. The molecule has 25 heavy (non-hydrogen) atoms. The molecular formula is C21H15BrN2O. The van der Waals surface area contributed by atoms with Crippen LogP contribution in [0.5, 0.6) is 0 Å². The Kier molecular flexibility index (Phi) is 4.20. The van der Waals surface area contributed by atoms with Crippen LogP contribution >= 0.6 is 15.9 Å². The first-order valence-corrected chi connectivity index (χ1v) is 8.81. The zero-order chi connectivity index (χ0) is 17.2. The molecule has 0 radical (unpaired) electrons. The van der Waals surface area contributed by atoms with Crippen molar-refractivity contribution in [3.8, 4) is 11.3 Å². The fourth-order valence-electron chi connectivity index (χ4n) is 2.96. The van der Waals surface area contributed by atoms with Gasteiger partial charge in [0.15, 0.2) is 0 Å². The van der Waals surface area contributed by atoms with Crippen molar-refractivity contribution in [2.75, 3.05) is 0 Å². The molecule has 0 aliphatic carbocycles. The van der Waals surface area contributed by atoms with Crippen molar-refractivity contribution in [3.63, 3.8) is 0 Å². The Morgan fingerprint density at radius 2 is 1.68 bits per heavy atom. The highest BCUT2D eigenvalue weighted by atomic mass is 79.9. The first-order valence-electron chi connectivity index (χ1n) is 8.01. The molecule has 0 atom stereocenters. The van der Waals surface area contributed by atoms with Gasteiger partial charge in [-0.25, -0.2) is 4.68 Å². The predicted molar refractivity (Wildman–Crippen MR) is 105 cm³/mol. The van der Waals surface area contributed by atoms with Gasteiger partial charge in [0.1, 0.15) is 0 Å². The van der Waals surface area contributed by atoms with Crippen LogP contribution in [0.4, 0.5) is 0 Å². The van der Waals surface area contributed by atoms with Crippen LogP contribution in [0.3, 0.4) is 0 Å². The van der Waals surface area contributed by atoms with Gasteiger partial charge in [0.25, 0.3) is 5.56 Å². The van der Waals surface area contributed by atoms with Gasteiger partial charge in [-0.1, -0.05) is 70.5 Å². The minimum Gasteiger partial charge on any atom is -0.268 e. The second kappa shape index (κ2) is 6.65. The molecule has 0 N–H and O–H groups in total. The molecule has 0 unspecified atom stereocenters. The third-order valence-electron chi connectivity index (χ3n) is 4.19. The Morgan fingerprint density at radius 3 is 2.56 bits per heavy atom. The summed E-state index contributed by atoms with van der Waals surface area (Å²) in [5, 5.41) is 6.88. The SMILES string of the molecule is O=c1ccc(-c2cccc(Br)c2)nn1Cc1cccc2ccccc12. The van der Waals surface area contributed by atoms with Gasteiger partial charge < -0.3 is 0 Å². The summed E-state index contributed by atoms with van der Waals surface area (Å²) in [6.45, 7) is 0.446. The fraction of sp³-hybridized carbons (Fsp3) is 0.0476. The van der Waals surface area contributed by atoms with Gasteiger partial charge in [-0.15, -0.1) is 0 Å². The molecule has 3 nitrogen and oxygen atoms in total. The van der Waals surface area contributed by atoms with E-state index in [1.54, 1.807) is 12.1 Å². The molecule has 4 rings (SSSR count). The van der Waals surface area contributed by atoms with E-state index in [4.69, 9.17) is 0 Å². The van der Waals surface area contributed by atoms with E-state index in [2.05, 4.69) is 39.2 Å². The second-order valence-corrected chi connectivity index (χ2v) is 6.78. The lowest BCUT2D eigenvalue weighted by Crippen LogP contribution is -2.22. The van der Waals surface area contributed by atoms with Crippen LogP contribution in [0.1, 0.15) is 5.56 Å². The van der Waals surface area contributed by atoms with Gasteiger partial charge in [-0.05, 0) is 34.5 Å². The van der Waals surface area contributed by atoms with Crippen molar-refractivity contribution in [2.45, 2.75) is 6.54 Å². The van der Waals surface area contributed by atoms with E-state index >= 15 is 0 Å². The summed E-state index contributed by atoms with van der Waals surface area (Å²) in [6.07, 6.45) is 0. The van der Waals surface area contributed by atoms with Crippen LogP contribution in [0.15, 0.2) is 88.1 Å². The molecule has 4 heteroatoms. The van der Waals surface area contributed by atoms with Gasteiger partial charge in [0.2, 0.25) is 0 Å². The number of rotatable bonds is 3. The Hall–Kier alpha value is -2.72. The summed E-state index contributed by atoms with van der Waals surface area (Å²) in [6, 6.07) is 25.6. The minimum atomic E-state index is -0.105. The van der Waals surface area contributed by atoms with Crippen LogP contribution in [0.2, 0.25) is 0 Å². The van der Waals surface area contributed by atoms with Gasteiger partial charge in [0.05, 0.1) is 12.2 Å². The molecule has 0 aliphatic rings. The maximum atomic E-state index is 12.3. The summed E-state index contributed by atoms with van der Waals surface area (Å²) in [7, 11) is 0. The van der Waals surface area contributed by atoms with Crippen molar-refractivity contribution in [3.05, 3.63) is 99.3 Å². The Morgan fingerprint density at radius 1 is 0.880 bits per heavy atom. The first-order chi connectivity index (χ1) is 12.2. The van der Waals surface area contributed by atoms with Crippen molar-refractivity contribution >= 4 is 26.7 Å². The Bertz CT molecular complexity index is 1110. The molecule has 0 saturated heterocycles. The molecule has 0 bridgehead atoms. The quantitative estimate of drug-likeness (QED) is 0.499. The standard InChI is InChI=1S/C21H15BrN2O/c22-18-9-4-7-16(13-18)20-11-12-21(25)24(23-20)14-17-8-3-6-15-5-1-2-10-19(15)17/h1-13H,14H2. The summed E-state index contributed by atoms with van der Waals surface area (Å²) in [5.41, 5.74) is 2.73. The third kappa shape index (κ3) is 3.26. The number of hydrogen-bond acceptors (Lipinski definition) is 2. The molecule has 0 saturated carbocycles. The molecule has 122 valence electrons. The smallest absolute Gasteiger partial charge is 0.267 e. The molecular weight excluding hydrogens is 376 g/mol. The van der Waals surface area contributed by atoms with Gasteiger partial charge in [-0.3, -0.25) is 4.79 Å². The number of halogens is 1. The van der Waals surface area contributed by atoms with E-state index in [0.29, 0.717) is 6.54 Å². The number of aromatic nitrogens is 2. The van der Waals surface area contributed by atoms with Crippen LogP contribution in [0, 0.1) is 0 Å². The number of hydrogen-bond donors (Lipinski definition) is 0.